The second-order valence-electron chi connectivity index (χ2n) is 2.20. The Morgan fingerprint density at radius 1 is 1.90 bits per heavy atom. The summed E-state index contributed by atoms with van der Waals surface area (Å²) >= 11 is 5.07. The van der Waals surface area contributed by atoms with Crippen molar-refractivity contribution >= 4 is 18.9 Å². The largest absolute Gasteiger partial charge is 0.340 e. The highest BCUT2D eigenvalue weighted by atomic mass is 32.4. The standard InChI is InChI=1S/C6H10NOPS/c1-3-6-4-5-8-9(10)7(6)2/h1,6,9H,4-5H2,2H3. The van der Waals surface area contributed by atoms with Gasteiger partial charge in [-0.2, -0.15) is 0 Å². The predicted molar refractivity (Wildman–Crippen MR) is 46.6 cm³/mol. The minimum Gasteiger partial charge on any atom is -0.340 e. The van der Waals surface area contributed by atoms with Gasteiger partial charge in [0, 0.05) is 0 Å². The van der Waals surface area contributed by atoms with Crippen LogP contribution in [-0.2, 0) is 16.3 Å². The quantitative estimate of drug-likeness (QED) is 0.400. The fourth-order valence-electron chi connectivity index (χ4n) is 0.876. The summed E-state index contributed by atoms with van der Waals surface area (Å²) < 4.78 is 7.26. The number of rotatable bonds is 0. The van der Waals surface area contributed by atoms with Crippen molar-refractivity contribution in [2.45, 2.75) is 12.5 Å². The maximum absolute atomic E-state index is 5.28. The number of hydrogen-bond donors (Lipinski definition) is 0. The van der Waals surface area contributed by atoms with E-state index in [1.54, 1.807) is 0 Å². The van der Waals surface area contributed by atoms with Gasteiger partial charge in [-0.1, -0.05) is 17.7 Å². The summed E-state index contributed by atoms with van der Waals surface area (Å²) in [5.74, 6) is 2.69. The van der Waals surface area contributed by atoms with E-state index >= 15 is 0 Å². The molecule has 1 saturated heterocycles. The average Bonchev–Trinajstić information content (AvgIpc) is 1.95. The highest BCUT2D eigenvalue weighted by Crippen LogP contribution is 2.34. The Bertz CT molecular complexity index is 189. The Morgan fingerprint density at radius 2 is 2.60 bits per heavy atom. The van der Waals surface area contributed by atoms with Crippen LogP contribution in [0.15, 0.2) is 0 Å². The molecule has 10 heavy (non-hydrogen) atoms. The van der Waals surface area contributed by atoms with Crippen LogP contribution in [0.3, 0.4) is 0 Å². The molecule has 1 heterocycles. The summed E-state index contributed by atoms with van der Waals surface area (Å²) in [4.78, 5) is 0. The van der Waals surface area contributed by atoms with Gasteiger partial charge in [-0.25, -0.2) is 4.67 Å². The van der Waals surface area contributed by atoms with Crippen molar-refractivity contribution in [2.24, 2.45) is 0 Å². The SMILES string of the molecule is C#CC1CCO[PH](=S)N1C. The molecule has 2 unspecified atom stereocenters. The van der Waals surface area contributed by atoms with Gasteiger partial charge in [0.2, 0.25) is 0 Å². The van der Waals surface area contributed by atoms with Crippen molar-refractivity contribution < 1.29 is 4.52 Å². The second kappa shape index (κ2) is 3.50. The Hall–Kier alpha value is 0.130. The highest BCUT2D eigenvalue weighted by Gasteiger charge is 2.19. The summed E-state index contributed by atoms with van der Waals surface area (Å²) in [6.45, 7) is 0.733. The first-order valence-corrected chi connectivity index (χ1v) is 5.60. The molecule has 0 aromatic carbocycles. The van der Waals surface area contributed by atoms with Gasteiger partial charge in [0.1, 0.15) is 7.07 Å². The van der Waals surface area contributed by atoms with Gasteiger partial charge in [0.15, 0.2) is 0 Å². The van der Waals surface area contributed by atoms with E-state index in [0.29, 0.717) is 0 Å². The molecular formula is C6H10NOPS. The van der Waals surface area contributed by atoms with E-state index < -0.39 is 7.07 Å². The molecule has 56 valence electrons. The van der Waals surface area contributed by atoms with Crippen LogP contribution < -0.4 is 0 Å². The number of nitrogens with zero attached hydrogens (tertiary/aromatic N) is 1. The molecule has 2 nitrogen and oxygen atoms in total. The molecule has 1 aliphatic rings. The number of hydrogen-bond acceptors (Lipinski definition) is 2. The zero-order valence-corrected chi connectivity index (χ0v) is 7.65. The van der Waals surface area contributed by atoms with Crippen molar-refractivity contribution in [2.75, 3.05) is 13.7 Å². The Labute approximate surface area is 67.1 Å². The molecule has 2 atom stereocenters. The van der Waals surface area contributed by atoms with E-state index in [2.05, 4.69) is 5.92 Å². The van der Waals surface area contributed by atoms with Gasteiger partial charge in [0.25, 0.3) is 0 Å². The first-order valence-electron chi connectivity index (χ1n) is 3.11. The molecule has 0 amide bonds. The molecule has 0 aromatic rings. The lowest BCUT2D eigenvalue weighted by Gasteiger charge is -2.29. The normalized spacial score (nSPS) is 35.2. The Balaban J connectivity index is 2.61. The van der Waals surface area contributed by atoms with Gasteiger partial charge in [-0.3, -0.25) is 0 Å². The maximum Gasteiger partial charge on any atom is 0.120 e. The monoisotopic (exact) mass is 175 g/mol. The third-order valence-electron chi connectivity index (χ3n) is 1.56. The molecule has 0 aliphatic carbocycles. The highest BCUT2D eigenvalue weighted by molar-refractivity contribution is 8.01. The molecule has 0 spiro atoms. The lowest BCUT2D eigenvalue weighted by molar-refractivity contribution is 0.246. The summed E-state index contributed by atoms with van der Waals surface area (Å²) in [6, 6.07) is 0.208. The minimum absolute atomic E-state index is 0.208. The van der Waals surface area contributed by atoms with E-state index in [4.69, 9.17) is 22.8 Å². The van der Waals surface area contributed by atoms with Crippen LogP contribution in [0.25, 0.3) is 0 Å². The number of terminal acetylenes is 1. The van der Waals surface area contributed by atoms with Crippen molar-refractivity contribution in [3.8, 4) is 12.3 Å². The zero-order valence-electron chi connectivity index (χ0n) is 5.83. The topological polar surface area (TPSA) is 12.5 Å². The average molecular weight is 175 g/mol. The molecule has 0 aromatic heterocycles. The van der Waals surface area contributed by atoms with Crippen molar-refractivity contribution in [3.05, 3.63) is 0 Å². The van der Waals surface area contributed by atoms with Crippen LogP contribution in [0.4, 0.5) is 0 Å². The lowest BCUT2D eigenvalue weighted by atomic mass is 10.2. The van der Waals surface area contributed by atoms with Crippen LogP contribution in [-0.4, -0.2) is 24.4 Å². The third kappa shape index (κ3) is 1.59. The van der Waals surface area contributed by atoms with E-state index in [1.165, 1.54) is 0 Å². The summed E-state index contributed by atoms with van der Waals surface area (Å²) in [5.41, 5.74) is 0. The van der Waals surface area contributed by atoms with E-state index in [0.717, 1.165) is 13.0 Å². The smallest absolute Gasteiger partial charge is 0.120 e. The van der Waals surface area contributed by atoms with Gasteiger partial charge in [0.05, 0.1) is 12.6 Å². The van der Waals surface area contributed by atoms with Crippen molar-refractivity contribution in [1.29, 1.82) is 0 Å². The zero-order chi connectivity index (χ0) is 7.56. The molecule has 1 fully saturated rings. The van der Waals surface area contributed by atoms with Gasteiger partial charge in [-0.15, -0.1) is 6.42 Å². The van der Waals surface area contributed by atoms with Crippen LogP contribution in [0.1, 0.15) is 6.42 Å². The Morgan fingerprint density at radius 3 is 3.10 bits per heavy atom. The van der Waals surface area contributed by atoms with Gasteiger partial charge >= 0.3 is 0 Å². The molecule has 0 bridgehead atoms. The summed E-state index contributed by atoms with van der Waals surface area (Å²) in [5, 5.41) is 0. The summed E-state index contributed by atoms with van der Waals surface area (Å²) in [6.07, 6.45) is 6.19. The second-order valence-corrected chi connectivity index (χ2v) is 4.77. The summed E-state index contributed by atoms with van der Waals surface area (Å²) in [7, 11) is 0.779. The molecule has 0 saturated carbocycles. The molecule has 1 rings (SSSR count). The predicted octanol–water partition coefficient (Wildman–Crippen LogP) is 0.846. The fraction of sp³-hybridized carbons (Fsp3) is 0.667. The lowest BCUT2D eigenvalue weighted by Crippen LogP contribution is -2.29. The van der Waals surface area contributed by atoms with E-state index in [1.807, 2.05) is 11.7 Å². The van der Waals surface area contributed by atoms with Crippen LogP contribution in [0.5, 0.6) is 0 Å². The van der Waals surface area contributed by atoms with Crippen LogP contribution >= 0.6 is 7.07 Å². The van der Waals surface area contributed by atoms with Crippen molar-refractivity contribution in [3.63, 3.8) is 0 Å². The Kier molecular flexibility index (Phi) is 2.88. The first kappa shape index (κ1) is 8.23. The molecular weight excluding hydrogens is 165 g/mol. The third-order valence-corrected chi connectivity index (χ3v) is 4.12. The van der Waals surface area contributed by atoms with E-state index in [9.17, 15) is 0 Å². The minimum atomic E-state index is -1.16. The fourth-order valence-corrected chi connectivity index (χ4v) is 2.46. The maximum atomic E-state index is 5.28. The molecule has 4 heteroatoms. The van der Waals surface area contributed by atoms with Crippen molar-refractivity contribution in [1.82, 2.24) is 4.67 Å². The van der Waals surface area contributed by atoms with Crippen LogP contribution in [0.2, 0.25) is 0 Å². The molecule has 1 aliphatic heterocycles. The van der Waals surface area contributed by atoms with Gasteiger partial charge < -0.3 is 4.52 Å². The molecule has 0 N–H and O–H groups in total. The van der Waals surface area contributed by atoms with E-state index in [-0.39, 0.29) is 6.04 Å². The molecule has 0 radical (unpaired) electrons. The van der Waals surface area contributed by atoms with Gasteiger partial charge in [-0.05, 0) is 13.5 Å². The first-order chi connectivity index (χ1) is 4.75. The van der Waals surface area contributed by atoms with Crippen LogP contribution in [0, 0.1) is 12.3 Å².